The van der Waals surface area contributed by atoms with Crippen LogP contribution in [-0.2, 0) is 6.54 Å². The van der Waals surface area contributed by atoms with Crippen LogP contribution in [0.3, 0.4) is 0 Å². The Balaban J connectivity index is 1.76. The molecule has 1 amide bonds. The summed E-state index contributed by atoms with van der Waals surface area (Å²) in [4.78, 5) is 14.0. The average Bonchev–Trinajstić information content (AvgIpc) is 2.92. The van der Waals surface area contributed by atoms with Crippen LogP contribution >= 0.6 is 0 Å². The number of likely N-dealkylation sites (tertiary alicyclic amines) is 1. The van der Waals surface area contributed by atoms with Gasteiger partial charge in [0.05, 0.1) is 0 Å². The number of benzene rings is 1. The molecule has 0 bridgehead atoms. The molecule has 1 saturated carbocycles. The predicted octanol–water partition coefficient (Wildman–Crippen LogP) is 2.19. The van der Waals surface area contributed by atoms with Crippen molar-refractivity contribution in [2.24, 2.45) is 11.8 Å². The van der Waals surface area contributed by atoms with E-state index in [0.717, 1.165) is 12.5 Å². The lowest BCUT2D eigenvalue weighted by atomic mass is 9.85. The van der Waals surface area contributed by atoms with E-state index in [1.165, 1.54) is 44.2 Å². The highest BCUT2D eigenvalue weighted by molar-refractivity contribution is 5.93. The van der Waals surface area contributed by atoms with Gasteiger partial charge in [0.1, 0.15) is 5.82 Å². The number of nitrogen functional groups attached to an aromatic ring is 1. The monoisotopic (exact) mass is 291 g/mol. The van der Waals surface area contributed by atoms with Crippen molar-refractivity contribution in [2.45, 2.75) is 44.7 Å². The minimum Gasteiger partial charge on any atom is -0.296 e. The first-order valence-electron chi connectivity index (χ1n) is 7.72. The molecule has 2 unspecified atom stereocenters. The van der Waals surface area contributed by atoms with Gasteiger partial charge in [-0.2, -0.15) is 0 Å². The molecule has 1 aliphatic carbocycles. The SMILES string of the molecule is NNC(=O)c1ccc(F)c(CN2CCC3CCCCC32)c1. The van der Waals surface area contributed by atoms with Crippen LogP contribution in [0.15, 0.2) is 18.2 Å². The molecule has 1 heterocycles. The van der Waals surface area contributed by atoms with E-state index in [0.29, 0.717) is 23.7 Å². The maximum Gasteiger partial charge on any atom is 0.265 e. The molecular formula is C16H22FN3O. The largest absolute Gasteiger partial charge is 0.296 e. The van der Waals surface area contributed by atoms with Gasteiger partial charge in [0, 0.05) is 23.7 Å². The zero-order valence-corrected chi connectivity index (χ0v) is 12.1. The van der Waals surface area contributed by atoms with Gasteiger partial charge < -0.3 is 0 Å². The molecule has 1 aliphatic heterocycles. The summed E-state index contributed by atoms with van der Waals surface area (Å²) in [5.41, 5.74) is 3.09. The number of nitrogens with zero attached hydrogens (tertiary/aromatic N) is 1. The second kappa shape index (κ2) is 6.12. The van der Waals surface area contributed by atoms with Crippen molar-refractivity contribution < 1.29 is 9.18 Å². The summed E-state index contributed by atoms with van der Waals surface area (Å²) in [6.07, 6.45) is 6.34. The zero-order chi connectivity index (χ0) is 14.8. The third-order valence-electron chi connectivity index (χ3n) is 4.94. The topological polar surface area (TPSA) is 58.4 Å². The van der Waals surface area contributed by atoms with Gasteiger partial charge in [0.15, 0.2) is 0 Å². The fourth-order valence-corrected chi connectivity index (χ4v) is 3.84. The van der Waals surface area contributed by atoms with Crippen molar-refractivity contribution in [1.82, 2.24) is 10.3 Å². The Morgan fingerprint density at radius 2 is 2.14 bits per heavy atom. The summed E-state index contributed by atoms with van der Waals surface area (Å²) in [6, 6.07) is 5.03. The van der Waals surface area contributed by atoms with Crippen molar-refractivity contribution in [1.29, 1.82) is 0 Å². The third kappa shape index (κ3) is 2.94. The smallest absolute Gasteiger partial charge is 0.265 e. The number of nitrogens with two attached hydrogens (primary N) is 1. The van der Waals surface area contributed by atoms with Gasteiger partial charge in [0.25, 0.3) is 5.91 Å². The maximum atomic E-state index is 14.0. The molecule has 1 aromatic rings. The average molecular weight is 291 g/mol. The molecule has 2 aliphatic rings. The van der Waals surface area contributed by atoms with Crippen LogP contribution in [0.2, 0.25) is 0 Å². The second-order valence-corrected chi connectivity index (χ2v) is 6.15. The molecule has 0 spiro atoms. The summed E-state index contributed by atoms with van der Waals surface area (Å²) in [6.45, 7) is 1.61. The van der Waals surface area contributed by atoms with Gasteiger partial charge in [-0.3, -0.25) is 15.1 Å². The Morgan fingerprint density at radius 1 is 1.33 bits per heavy atom. The van der Waals surface area contributed by atoms with Crippen LogP contribution in [0.5, 0.6) is 0 Å². The number of carbonyl (C=O) groups is 1. The first kappa shape index (κ1) is 14.5. The van der Waals surface area contributed by atoms with Crippen LogP contribution in [0.1, 0.15) is 48.0 Å². The first-order chi connectivity index (χ1) is 10.2. The van der Waals surface area contributed by atoms with Crippen LogP contribution in [0.25, 0.3) is 0 Å². The van der Waals surface area contributed by atoms with E-state index in [2.05, 4.69) is 10.3 Å². The minimum atomic E-state index is -0.381. The van der Waals surface area contributed by atoms with Gasteiger partial charge in [-0.05, 0) is 49.9 Å². The summed E-state index contributed by atoms with van der Waals surface area (Å²) in [5.74, 6) is 5.29. The van der Waals surface area contributed by atoms with Gasteiger partial charge in [0.2, 0.25) is 0 Å². The summed E-state index contributed by atoms with van der Waals surface area (Å²) in [7, 11) is 0. The normalized spacial score (nSPS) is 25.6. The number of nitrogens with one attached hydrogen (secondary N) is 1. The van der Waals surface area contributed by atoms with Crippen molar-refractivity contribution >= 4 is 5.91 Å². The number of carbonyl (C=O) groups excluding carboxylic acids is 1. The Labute approximate surface area is 124 Å². The Hall–Kier alpha value is -1.46. The summed E-state index contributed by atoms with van der Waals surface area (Å²) in [5, 5.41) is 0. The molecular weight excluding hydrogens is 269 g/mol. The first-order valence-corrected chi connectivity index (χ1v) is 7.72. The van der Waals surface area contributed by atoms with Gasteiger partial charge >= 0.3 is 0 Å². The lowest BCUT2D eigenvalue weighted by Crippen LogP contribution is -2.34. The van der Waals surface area contributed by atoms with E-state index in [1.54, 1.807) is 6.07 Å². The predicted molar refractivity (Wildman–Crippen MR) is 78.8 cm³/mol. The van der Waals surface area contributed by atoms with Crippen molar-refractivity contribution in [3.63, 3.8) is 0 Å². The highest BCUT2D eigenvalue weighted by atomic mass is 19.1. The Morgan fingerprint density at radius 3 is 2.95 bits per heavy atom. The van der Waals surface area contributed by atoms with E-state index < -0.39 is 0 Å². The molecule has 3 N–H and O–H groups in total. The number of hydrazine groups is 1. The molecule has 4 nitrogen and oxygen atoms in total. The molecule has 114 valence electrons. The number of halogens is 1. The number of rotatable bonds is 3. The highest BCUT2D eigenvalue weighted by Crippen LogP contribution is 2.37. The van der Waals surface area contributed by atoms with Crippen molar-refractivity contribution in [2.75, 3.05) is 6.54 Å². The lowest BCUT2D eigenvalue weighted by Gasteiger charge is -2.31. The van der Waals surface area contributed by atoms with Gasteiger partial charge in [-0.1, -0.05) is 12.8 Å². The zero-order valence-electron chi connectivity index (χ0n) is 12.1. The lowest BCUT2D eigenvalue weighted by molar-refractivity contribution is 0.0953. The molecule has 2 atom stereocenters. The van der Waals surface area contributed by atoms with Crippen LogP contribution < -0.4 is 11.3 Å². The quantitative estimate of drug-likeness (QED) is 0.510. The van der Waals surface area contributed by atoms with E-state index in [9.17, 15) is 9.18 Å². The maximum absolute atomic E-state index is 14.0. The minimum absolute atomic E-state index is 0.247. The fourth-order valence-electron chi connectivity index (χ4n) is 3.84. The Kier molecular flexibility index (Phi) is 4.22. The third-order valence-corrected chi connectivity index (χ3v) is 4.94. The van der Waals surface area contributed by atoms with Crippen LogP contribution in [0.4, 0.5) is 4.39 Å². The van der Waals surface area contributed by atoms with E-state index in [-0.39, 0.29) is 11.7 Å². The Bertz CT molecular complexity index is 534. The van der Waals surface area contributed by atoms with Gasteiger partial charge in [-0.25, -0.2) is 10.2 Å². The van der Waals surface area contributed by atoms with Crippen molar-refractivity contribution in [3.8, 4) is 0 Å². The molecule has 2 fully saturated rings. The summed E-state index contributed by atoms with van der Waals surface area (Å²) < 4.78 is 14.0. The molecule has 1 aromatic carbocycles. The number of fused-ring (bicyclic) bond motifs is 1. The highest BCUT2D eigenvalue weighted by Gasteiger charge is 2.35. The van der Waals surface area contributed by atoms with Gasteiger partial charge in [-0.15, -0.1) is 0 Å². The van der Waals surface area contributed by atoms with E-state index in [1.807, 2.05) is 0 Å². The summed E-state index contributed by atoms with van der Waals surface area (Å²) >= 11 is 0. The number of hydrogen-bond donors (Lipinski definition) is 2. The fraction of sp³-hybridized carbons (Fsp3) is 0.562. The molecule has 21 heavy (non-hydrogen) atoms. The molecule has 3 rings (SSSR count). The number of hydrogen-bond acceptors (Lipinski definition) is 3. The molecule has 1 saturated heterocycles. The van der Waals surface area contributed by atoms with Crippen LogP contribution in [0, 0.1) is 11.7 Å². The molecule has 0 aromatic heterocycles. The standard InChI is InChI=1S/C16H22FN3O/c17-14-6-5-12(16(21)19-18)9-13(14)10-20-8-7-11-3-1-2-4-15(11)20/h5-6,9,11,15H,1-4,7-8,10,18H2,(H,19,21). The van der Waals surface area contributed by atoms with Crippen molar-refractivity contribution in [3.05, 3.63) is 35.1 Å². The second-order valence-electron chi connectivity index (χ2n) is 6.15. The van der Waals surface area contributed by atoms with E-state index in [4.69, 9.17) is 5.84 Å². The number of amides is 1. The molecule has 5 heteroatoms. The van der Waals surface area contributed by atoms with Crippen LogP contribution in [-0.4, -0.2) is 23.4 Å². The molecule has 0 radical (unpaired) electrons. The van der Waals surface area contributed by atoms with E-state index >= 15 is 0 Å².